The van der Waals surface area contributed by atoms with Crippen LogP contribution in [0.5, 0.6) is 0 Å². The second kappa shape index (κ2) is 4.19. The zero-order chi connectivity index (χ0) is 10.0. The van der Waals surface area contributed by atoms with Crippen LogP contribution < -0.4 is 5.73 Å². The molecule has 0 radical (unpaired) electrons. The standard InChI is InChI=1S/C7H6BrClF2N2/c8-2-5-4(12)1-3(9)6(13-5)7(10)11/h1,7H,2,12H2. The minimum Gasteiger partial charge on any atom is -0.397 e. The number of aromatic nitrogens is 1. The van der Waals surface area contributed by atoms with Crippen LogP contribution in [-0.2, 0) is 5.33 Å². The Hall–Kier alpha value is -0.420. The molecule has 0 fully saturated rings. The van der Waals surface area contributed by atoms with Gasteiger partial charge in [-0.1, -0.05) is 27.5 Å². The molecule has 1 aromatic rings. The highest BCUT2D eigenvalue weighted by atomic mass is 79.9. The molecule has 0 unspecified atom stereocenters. The van der Waals surface area contributed by atoms with Gasteiger partial charge in [-0.25, -0.2) is 13.8 Å². The first-order chi connectivity index (χ1) is 6.06. The second-order valence-electron chi connectivity index (χ2n) is 2.33. The van der Waals surface area contributed by atoms with Crippen molar-refractivity contribution in [2.75, 3.05) is 5.73 Å². The maximum absolute atomic E-state index is 12.3. The van der Waals surface area contributed by atoms with E-state index in [1.54, 1.807) is 0 Å². The van der Waals surface area contributed by atoms with E-state index in [2.05, 4.69) is 20.9 Å². The van der Waals surface area contributed by atoms with E-state index in [1.807, 2.05) is 0 Å². The summed E-state index contributed by atoms with van der Waals surface area (Å²) in [6.45, 7) is 0. The van der Waals surface area contributed by atoms with Crippen LogP contribution in [0.1, 0.15) is 17.8 Å². The van der Waals surface area contributed by atoms with Crippen molar-refractivity contribution in [1.82, 2.24) is 4.98 Å². The molecular formula is C7H6BrClF2N2. The first kappa shape index (κ1) is 10.7. The zero-order valence-electron chi connectivity index (χ0n) is 6.40. The smallest absolute Gasteiger partial charge is 0.281 e. The molecule has 0 amide bonds. The molecule has 0 aromatic carbocycles. The third-order valence-electron chi connectivity index (χ3n) is 1.45. The maximum atomic E-state index is 12.3. The molecule has 0 aliphatic carbocycles. The lowest BCUT2D eigenvalue weighted by atomic mass is 10.3. The molecule has 0 saturated carbocycles. The summed E-state index contributed by atoms with van der Waals surface area (Å²) in [7, 11) is 0. The highest BCUT2D eigenvalue weighted by molar-refractivity contribution is 9.08. The number of hydrogen-bond donors (Lipinski definition) is 1. The van der Waals surface area contributed by atoms with E-state index in [1.165, 1.54) is 6.07 Å². The van der Waals surface area contributed by atoms with Gasteiger partial charge in [-0.3, -0.25) is 0 Å². The van der Waals surface area contributed by atoms with Gasteiger partial charge < -0.3 is 5.73 Å². The molecule has 13 heavy (non-hydrogen) atoms. The van der Waals surface area contributed by atoms with Crippen LogP contribution in [0.3, 0.4) is 0 Å². The van der Waals surface area contributed by atoms with E-state index < -0.39 is 12.1 Å². The molecule has 1 aromatic heterocycles. The van der Waals surface area contributed by atoms with Crippen LogP contribution in [0.4, 0.5) is 14.5 Å². The SMILES string of the molecule is Nc1cc(Cl)c(C(F)F)nc1CBr. The fourth-order valence-electron chi connectivity index (χ4n) is 0.817. The number of nitrogens with two attached hydrogens (primary N) is 1. The summed E-state index contributed by atoms with van der Waals surface area (Å²) in [5.41, 5.74) is 5.74. The van der Waals surface area contributed by atoms with E-state index in [9.17, 15) is 8.78 Å². The van der Waals surface area contributed by atoms with Crippen molar-refractivity contribution in [2.24, 2.45) is 0 Å². The summed E-state index contributed by atoms with van der Waals surface area (Å²) in [6, 6.07) is 1.28. The molecule has 6 heteroatoms. The highest BCUT2D eigenvalue weighted by Gasteiger charge is 2.16. The van der Waals surface area contributed by atoms with Crippen molar-refractivity contribution in [1.29, 1.82) is 0 Å². The largest absolute Gasteiger partial charge is 0.397 e. The number of alkyl halides is 3. The number of anilines is 1. The summed E-state index contributed by atoms with van der Waals surface area (Å²) in [5, 5.41) is 0.229. The zero-order valence-corrected chi connectivity index (χ0v) is 8.74. The molecule has 0 aliphatic heterocycles. The van der Waals surface area contributed by atoms with Gasteiger partial charge in [0.15, 0.2) is 0 Å². The average Bonchev–Trinajstić information content (AvgIpc) is 2.03. The first-order valence-electron chi connectivity index (χ1n) is 3.35. The van der Waals surface area contributed by atoms with Gasteiger partial charge in [-0.2, -0.15) is 0 Å². The molecule has 2 N–H and O–H groups in total. The highest BCUT2D eigenvalue weighted by Crippen LogP contribution is 2.28. The van der Waals surface area contributed by atoms with Crippen LogP contribution >= 0.6 is 27.5 Å². The Kier molecular flexibility index (Phi) is 3.44. The minimum atomic E-state index is -2.68. The lowest BCUT2D eigenvalue weighted by Crippen LogP contribution is -2.01. The molecule has 0 aliphatic rings. The lowest BCUT2D eigenvalue weighted by Gasteiger charge is -2.06. The third kappa shape index (κ3) is 2.28. The van der Waals surface area contributed by atoms with Gasteiger partial charge in [0.05, 0.1) is 16.4 Å². The number of rotatable bonds is 2. The molecule has 2 nitrogen and oxygen atoms in total. The van der Waals surface area contributed by atoms with E-state index >= 15 is 0 Å². The Morgan fingerprint density at radius 2 is 2.23 bits per heavy atom. The van der Waals surface area contributed by atoms with Crippen LogP contribution in [0.15, 0.2) is 6.07 Å². The van der Waals surface area contributed by atoms with Crippen molar-refractivity contribution in [3.8, 4) is 0 Å². The number of nitrogens with zero attached hydrogens (tertiary/aromatic N) is 1. The van der Waals surface area contributed by atoms with Gasteiger partial charge in [0.2, 0.25) is 0 Å². The van der Waals surface area contributed by atoms with Crippen LogP contribution in [0.2, 0.25) is 5.02 Å². The topological polar surface area (TPSA) is 38.9 Å². The quantitative estimate of drug-likeness (QED) is 0.839. The van der Waals surface area contributed by atoms with Gasteiger partial charge in [0.1, 0.15) is 5.69 Å². The summed E-state index contributed by atoms with van der Waals surface area (Å²) >= 11 is 8.60. The summed E-state index contributed by atoms with van der Waals surface area (Å²) in [5.74, 6) is 0. The molecule has 0 bridgehead atoms. The summed E-state index contributed by atoms with van der Waals surface area (Å²) in [6.07, 6.45) is -2.68. The molecule has 0 atom stereocenters. The molecule has 1 rings (SSSR count). The van der Waals surface area contributed by atoms with Crippen molar-refractivity contribution >= 4 is 33.2 Å². The first-order valence-corrected chi connectivity index (χ1v) is 4.85. The van der Waals surface area contributed by atoms with E-state index in [0.29, 0.717) is 16.7 Å². The van der Waals surface area contributed by atoms with Crippen LogP contribution in [0.25, 0.3) is 0 Å². The number of nitrogen functional groups attached to an aromatic ring is 1. The molecular weight excluding hydrogens is 265 g/mol. The Morgan fingerprint density at radius 1 is 1.62 bits per heavy atom. The monoisotopic (exact) mass is 270 g/mol. The van der Waals surface area contributed by atoms with Gasteiger partial charge >= 0.3 is 0 Å². The van der Waals surface area contributed by atoms with Gasteiger partial charge in [-0.15, -0.1) is 0 Å². The van der Waals surface area contributed by atoms with Gasteiger partial charge in [0, 0.05) is 5.33 Å². The predicted octanol–water partition coefficient (Wildman–Crippen LogP) is 3.15. The van der Waals surface area contributed by atoms with Crippen molar-refractivity contribution in [3.63, 3.8) is 0 Å². The maximum Gasteiger partial charge on any atom is 0.281 e. The second-order valence-corrected chi connectivity index (χ2v) is 3.29. The fraction of sp³-hybridized carbons (Fsp3) is 0.286. The minimum absolute atomic E-state index is 0.0998. The summed E-state index contributed by atoms with van der Waals surface area (Å²) < 4.78 is 24.5. The van der Waals surface area contributed by atoms with E-state index in [0.717, 1.165) is 0 Å². The van der Waals surface area contributed by atoms with Crippen molar-refractivity contribution in [3.05, 3.63) is 22.5 Å². The normalized spacial score (nSPS) is 10.8. The number of halogens is 4. The van der Waals surface area contributed by atoms with Crippen LogP contribution in [-0.4, -0.2) is 4.98 Å². The van der Waals surface area contributed by atoms with Crippen molar-refractivity contribution in [2.45, 2.75) is 11.8 Å². The number of pyridine rings is 1. The third-order valence-corrected chi connectivity index (χ3v) is 2.28. The fourth-order valence-corrected chi connectivity index (χ4v) is 1.51. The lowest BCUT2D eigenvalue weighted by molar-refractivity contribution is 0.146. The average molecular weight is 271 g/mol. The Balaban J connectivity index is 3.22. The predicted molar refractivity (Wildman–Crippen MR) is 51.2 cm³/mol. The van der Waals surface area contributed by atoms with Crippen molar-refractivity contribution < 1.29 is 8.78 Å². The molecule has 1 heterocycles. The molecule has 72 valence electrons. The summed E-state index contributed by atoms with van der Waals surface area (Å²) in [4.78, 5) is 3.64. The van der Waals surface area contributed by atoms with Gasteiger partial charge in [-0.05, 0) is 6.07 Å². The van der Waals surface area contributed by atoms with Crippen LogP contribution in [0, 0.1) is 0 Å². The number of hydrogen-bond acceptors (Lipinski definition) is 2. The molecule has 0 spiro atoms. The Bertz CT molecular complexity index is 320. The van der Waals surface area contributed by atoms with Gasteiger partial charge in [0.25, 0.3) is 6.43 Å². The van der Waals surface area contributed by atoms with E-state index in [-0.39, 0.29) is 5.02 Å². The molecule has 0 saturated heterocycles. The Labute approximate surface area is 87.2 Å². The Morgan fingerprint density at radius 3 is 2.69 bits per heavy atom. The van der Waals surface area contributed by atoms with E-state index in [4.69, 9.17) is 17.3 Å².